The largest absolute Gasteiger partial charge is 0.497 e. The third-order valence-electron chi connectivity index (χ3n) is 3.69. The van der Waals surface area contributed by atoms with Crippen LogP contribution in [0.4, 0.5) is 13.2 Å². The number of alkyl halides is 2. The Hall–Kier alpha value is -2.94. The van der Waals surface area contributed by atoms with E-state index in [-0.39, 0.29) is 26.9 Å². The molecular weight excluding hydrogens is 387 g/mol. The lowest BCUT2D eigenvalue weighted by molar-refractivity contribution is 0.0640. The van der Waals surface area contributed by atoms with E-state index in [9.17, 15) is 18.0 Å². The van der Waals surface area contributed by atoms with Crippen molar-refractivity contribution in [1.82, 2.24) is 14.3 Å². The van der Waals surface area contributed by atoms with Gasteiger partial charge in [-0.3, -0.25) is 0 Å². The van der Waals surface area contributed by atoms with Crippen LogP contribution in [0.3, 0.4) is 0 Å². The van der Waals surface area contributed by atoms with Crippen LogP contribution in [0.25, 0.3) is 5.69 Å². The highest BCUT2D eigenvalue weighted by molar-refractivity contribution is 6.32. The van der Waals surface area contributed by atoms with Gasteiger partial charge in [0, 0.05) is 6.07 Å². The highest BCUT2D eigenvalue weighted by atomic mass is 35.5. The molecule has 0 amide bonds. The van der Waals surface area contributed by atoms with Crippen LogP contribution in [0.1, 0.15) is 12.4 Å². The van der Waals surface area contributed by atoms with E-state index in [2.05, 4.69) is 5.10 Å². The minimum absolute atomic E-state index is 0.0226. The number of halogens is 4. The number of ether oxygens (including phenoxy) is 2. The Kier molecular flexibility index (Phi) is 5.13. The van der Waals surface area contributed by atoms with Gasteiger partial charge in [-0.05, 0) is 37.3 Å². The van der Waals surface area contributed by atoms with Crippen molar-refractivity contribution in [3.05, 3.63) is 63.5 Å². The molecule has 1 aromatic heterocycles. The highest BCUT2D eigenvalue weighted by Crippen LogP contribution is 2.33. The number of rotatable bonds is 5. The molecule has 10 heteroatoms. The maximum atomic E-state index is 14.3. The molecule has 0 bridgehead atoms. The first kappa shape index (κ1) is 18.8. The summed E-state index contributed by atoms with van der Waals surface area (Å²) in [5, 5.41) is 3.63. The molecule has 3 aromatic rings. The Bertz CT molecular complexity index is 1030. The van der Waals surface area contributed by atoms with Gasteiger partial charge in [0.2, 0.25) is 0 Å². The minimum Gasteiger partial charge on any atom is -0.497 e. The summed E-state index contributed by atoms with van der Waals surface area (Å²) in [4.78, 5) is 12.1. The molecule has 0 spiro atoms. The second-order valence-corrected chi connectivity index (χ2v) is 5.81. The van der Waals surface area contributed by atoms with E-state index in [0.29, 0.717) is 16.2 Å². The van der Waals surface area contributed by atoms with Gasteiger partial charge in [-0.1, -0.05) is 11.6 Å². The van der Waals surface area contributed by atoms with Crippen LogP contribution in [-0.4, -0.2) is 21.5 Å². The van der Waals surface area contributed by atoms with Gasteiger partial charge in [-0.2, -0.15) is 13.5 Å². The second kappa shape index (κ2) is 7.36. The van der Waals surface area contributed by atoms with E-state index in [1.165, 1.54) is 14.0 Å². The molecule has 0 saturated carbocycles. The molecular formula is C17H13ClF3N3O3. The van der Waals surface area contributed by atoms with Crippen LogP contribution >= 0.6 is 11.6 Å². The zero-order valence-electron chi connectivity index (χ0n) is 14.1. The molecule has 27 heavy (non-hydrogen) atoms. The lowest BCUT2D eigenvalue weighted by atomic mass is 10.2. The predicted octanol–water partition coefficient (Wildman–Crippen LogP) is 4.33. The molecule has 1 heterocycles. The summed E-state index contributed by atoms with van der Waals surface area (Å²) in [6.45, 7) is -1.89. The highest BCUT2D eigenvalue weighted by Gasteiger charge is 2.21. The quantitative estimate of drug-likeness (QED) is 0.640. The van der Waals surface area contributed by atoms with Gasteiger partial charge >= 0.3 is 12.2 Å². The van der Waals surface area contributed by atoms with Crippen molar-refractivity contribution < 1.29 is 22.6 Å². The van der Waals surface area contributed by atoms with Crippen LogP contribution in [0.2, 0.25) is 5.02 Å². The number of hydrogen-bond acceptors (Lipinski definition) is 4. The molecule has 6 nitrogen and oxygen atoms in total. The number of nitrogens with zero attached hydrogens (tertiary/aromatic N) is 3. The van der Waals surface area contributed by atoms with Crippen molar-refractivity contribution in [2.75, 3.05) is 7.11 Å². The number of methoxy groups -OCH3 is 1. The van der Waals surface area contributed by atoms with Gasteiger partial charge in [0.25, 0.3) is 0 Å². The van der Waals surface area contributed by atoms with Crippen molar-refractivity contribution in [2.24, 2.45) is 0 Å². The van der Waals surface area contributed by atoms with Crippen molar-refractivity contribution in [3.63, 3.8) is 0 Å². The van der Waals surface area contributed by atoms with Gasteiger partial charge in [-0.15, -0.1) is 5.10 Å². The maximum absolute atomic E-state index is 14.3. The fraction of sp³-hybridized carbons (Fsp3) is 0.176. The van der Waals surface area contributed by atoms with E-state index in [1.807, 2.05) is 0 Å². The lowest BCUT2D eigenvalue weighted by Crippen LogP contribution is -2.25. The molecule has 0 saturated heterocycles. The smallest absolute Gasteiger partial charge is 0.355 e. The van der Waals surface area contributed by atoms with Gasteiger partial charge in [0.05, 0.1) is 12.1 Å². The summed E-state index contributed by atoms with van der Waals surface area (Å²) < 4.78 is 51.6. The van der Waals surface area contributed by atoms with Crippen molar-refractivity contribution >= 4 is 11.6 Å². The second-order valence-electron chi connectivity index (χ2n) is 5.40. The van der Waals surface area contributed by atoms with Crippen LogP contribution < -0.4 is 15.2 Å². The first-order chi connectivity index (χ1) is 12.8. The fourth-order valence-electron chi connectivity index (χ4n) is 2.39. The van der Waals surface area contributed by atoms with Gasteiger partial charge in [0.15, 0.2) is 5.82 Å². The molecule has 0 fully saturated rings. The van der Waals surface area contributed by atoms with Crippen molar-refractivity contribution in [2.45, 2.75) is 13.5 Å². The Morgan fingerprint density at radius 2 is 1.78 bits per heavy atom. The first-order valence-electron chi connectivity index (χ1n) is 7.59. The predicted molar refractivity (Wildman–Crippen MR) is 91.8 cm³/mol. The van der Waals surface area contributed by atoms with E-state index in [0.717, 1.165) is 12.1 Å². The van der Waals surface area contributed by atoms with E-state index in [1.54, 1.807) is 24.3 Å². The number of benzene rings is 2. The number of aromatic nitrogens is 3. The van der Waals surface area contributed by atoms with E-state index >= 15 is 0 Å². The summed E-state index contributed by atoms with van der Waals surface area (Å²) in [5.41, 5.74) is -1.55. The Morgan fingerprint density at radius 1 is 1.15 bits per heavy atom. The summed E-state index contributed by atoms with van der Waals surface area (Å²) in [7, 11) is 1.51. The molecule has 0 aliphatic rings. The normalized spacial score (nSPS) is 11.1. The minimum atomic E-state index is -3.10. The summed E-state index contributed by atoms with van der Waals surface area (Å²) in [5.74, 6) is -0.177. The number of hydrogen-bond donors (Lipinski definition) is 0. The summed E-state index contributed by atoms with van der Waals surface area (Å²) in [6.07, 6.45) is 0. The molecule has 3 rings (SSSR count). The molecule has 0 N–H and O–H groups in total. The Labute approximate surface area is 156 Å². The average Bonchev–Trinajstić information content (AvgIpc) is 2.92. The van der Waals surface area contributed by atoms with Crippen LogP contribution in [0.15, 0.2) is 41.2 Å². The van der Waals surface area contributed by atoms with E-state index < -0.39 is 18.1 Å². The first-order valence-corrected chi connectivity index (χ1v) is 7.97. The van der Waals surface area contributed by atoms with Crippen LogP contribution in [0, 0.1) is 12.7 Å². The molecule has 0 unspecified atom stereocenters. The Morgan fingerprint density at radius 3 is 2.33 bits per heavy atom. The third-order valence-corrected chi connectivity index (χ3v) is 3.99. The monoisotopic (exact) mass is 399 g/mol. The average molecular weight is 400 g/mol. The van der Waals surface area contributed by atoms with Crippen LogP contribution in [-0.2, 0) is 0 Å². The van der Waals surface area contributed by atoms with Gasteiger partial charge in [-0.25, -0.2) is 13.8 Å². The SMILES string of the molecule is COc1ccc(Oc2cc(-n3nc(C)n(C(F)F)c3=O)c(F)cc2Cl)cc1. The van der Waals surface area contributed by atoms with Gasteiger partial charge < -0.3 is 9.47 Å². The number of aryl methyl sites for hydroxylation is 1. The fourth-order valence-corrected chi connectivity index (χ4v) is 2.58. The zero-order chi connectivity index (χ0) is 19.7. The van der Waals surface area contributed by atoms with Crippen molar-refractivity contribution in [1.29, 1.82) is 0 Å². The van der Waals surface area contributed by atoms with Crippen molar-refractivity contribution in [3.8, 4) is 22.9 Å². The molecule has 0 aliphatic heterocycles. The standard InChI is InChI=1S/C17H13ClF3N3O3/c1-9-22-24(17(25)23(9)16(20)21)14-8-15(12(18)7-13(14)19)27-11-5-3-10(26-2)4-6-11/h3-8,16H,1-2H3. The molecule has 142 valence electrons. The maximum Gasteiger partial charge on any atom is 0.355 e. The van der Waals surface area contributed by atoms with Gasteiger partial charge in [0.1, 0.15) is 28.8 Å². The zero-order valence-corrected chi connectivity index (χ0v) is 14.9. The van der Waals surface area contributed by atoms with Crippen LogP contribution in [0.5, 0.6) is 17.2 Å². The molecule has 0 aliphatic carbocycles. The lowest BCUT2D eigenvalue weighted by Gasteiger charge is -2.11. The summed E-state index contributed by atoms with van der Waals surface area (Å²) >= 11 is 6.00. The topological polar surface area (TPSA) is 58.3 Å². The van der Waals surface area contributed by atoms with E-state index in [4.69, 9.17) is 21.1 Å². The third kappa shape index (κ3) is 3.63. The molecule has 2 aromatic carbocycles. The Balaban J connectivity index is 2.04. The summed E-state index contributed by atoms with van der Waals surface area (Å²) in [6, 6.07) is 8.52. The molecule has 0 atom stereocenters. The molecule has 0 radical (unpaired) electrons.